The number of pyridine rings is 1. The topological polar surface area (TPSA) is 81.1 Å². The molecule has 0 saturated heterocycles. The molecule has 0 radical (unpaired) electrons. The van der Waals surface area contributed by atoms with Crippen LogP contribution in [0.4, 0.5) is 10.5 Å². The van der Waals surface area contributed by atoms with Crippen molar-refractivity contribution < 1.29 is 9.53 Å². The largest absolute Gasteiger partial charge is 0.476 e. The van der Waals surface area contributed by atoms with Gasteiger partial charge in [0.2, 0.25) is 5.88 Å². The Morgan fingerprint density at radius 3 is 2.78 bits per heavy atom. The summed E-state index contributed by atoms with van der Waals surface area (Å²) in [6.45, 7) is 8.21. The van der Waals surface area contributed by atoms with E-state index >= 15 is 0 Å². The van der Waals surface area contributed by atoms with E-state index < -0.39 is 0 Å². The summed E-state index contributed by atoms with van der Waals surface area (Å²) < 4.78 is 7.22. The van der Waals surface area contributed by atoms with Gasteiger partial charge in [-0.2, -0.15) is 5.10 Å². The highest BCUT2D eigenvalue weighted by Gasteiger charge is 2.18. The SMILES string of the molecule is CCOc1ncccc1NC(=O)N[C@@H](C)c1c(C)nn(C)c1C. The van der Waals surface area contributed by atoms with Gasteiger partial charge in [-0.15, -0.1) is 0 Å². The Morgan fingerprint density at radius 2 is 2.17 bits per heavy atom. The predicted molar refractivity (Wildman–Crippen MR) is 88.7 cm³/mol. The van der Waals surface area contributed by atoms with Crippen molar-refractivity contribution in [1.82, 2.24) is 20.1 Å². The van der Waals surface area contributed by atoms with E-state index in [2.05, 4.69) is 20.7 Å². The van der Waals surface area contributed by atoms with Gasteiger partial charge >= 0.3 is 6.03 Å². The first-order chi connectivity index (χ1) is 10.9. The third kappa shape index (κ3) is 3.80. The first-order valence-corrected chi connectivity index (χ1v) is 7.59. The van der Waals surface area contributed by atoms with E-state index in [0.29, 0.717) is 18.2 Å². The van der Waals surface area contributed by atoms with Crippen molar-refractivity contribution in [3.63, 3.8) is 0 Å². The van der Waals surface area contributed by atoms with Crippen LogP contribution in [0.15, 0.2) is 18.3 Å². The molecule has 1 atom stereocenters. The number of ether oxygens (including phenoxy) is 1. The summed E-state index contributed by atoms with van der Waals surface area (Å²) in [5, 5.41) is 10.1. The van der Waals surface area contributed by atoms with Crippen LogP contribution in [-0.2, 0) is 7.05 Å². The van der Waals surface area contributed by atoms with Crippen LogP contribution in [0.3, 0.4) is 0 Å². The van der Waals surface area contributed by atoms with E-state index in [9.17, 15) is 4.79 Å². The van der Waals surface area contributed by atoms with Crippen molar-refractivity contribution in [2.24, 2.45) is 7.05 Å². The Morgan fingerprint density at radius 1 is 1.43 bits per heavy atom. The van der Waals surface area contributed by atoms with Gasteiger partial charge in [-0.1, -0.05) is 0 Å². The summed E-state index contributed by atoms with van der Waals surface area (Å²) in [5.41, 5.74) is 3.51. The second kappa shape index (κ2) is 7.13. The monoisotopic (exact) mass is 317 g/mol. The third-order valence-corrected chi connectivity index (χ3v) is 3.65. The minimum atomic E-state index is -0.311. The molecule has 0 unspecified atom stereocenters. The lowest BCUT2D eigenvalue weighted by atomic mass is 10.1. The van der Waals surface area contributed by atoms with E-state index in [0.717, 1.165) is 17.0 Å². The smallest absolute Gasteiger partial charge is 0.319 e. The van der Waals surface area contributed by atoms with Crippen LogP contribution >= 0.6 is 0 Å². The van der Waals surface area contributed by atoms with Crippen LogP contribution in [0.5, 0.6) is 5.88 Å². The van der Waals surface area contributed by atoms with Gasteiger partial charge in [0.15, 0.2) is 0 Å². The number of aromatic nitrogens is 3. The van der Waals surface area contributed by atoms with Crippen molar-refractivity contribution in [3.8, 4) is 5.88 Å². The maximum absolute atomic E-state index is 12.2. The van der Waals surface area contributed by atoms with Gasteiger partial charge in [0.1, 0.15) is 5.69 Å². The van der Waals surface area contributed by atoms with Gasteiger partial charge in [-0.25, -0.2) is 9.78 Å². The molecule has 2 heterocycles. The Labute approximate surface area is 136 Å². The fraction of sp³-hybridized carbons (Fsp3) is 0.438. The van der Waals surface area contributed by atoms with E-state index in [1.807, 2.05) is 39.4 Å². The number of rotatable bonds is 5. The van der Waals surface area contributed by atoms with E-state index in [1.165, 1.54) is 0 Å². The van der Waals surface area contributed by atoms with Gasteiger partial charge in [0.25, 0.3) is 0 Å². The van der Waals surface area contributed by atoms with Crippen LogP contribution in [0.25, 0.3) is 0 Å². The highest BCUT2D eigenvalue weighted by molar-refractivity contribution is 5.90. The van der Waals surface area contributed by atoms with Crippen LogP contribution in [0.1, 0.15) is 36.8 Å². The lowest BCUT2D eigenvalue weighted by molar-refractivity contribution is 0.249. The number of nitrogens with zero attached hydrogens (tertiary/aromatic N) is 3. The highest BCUT2D eigenvalue weighted by Crippen LogP contribution is 2.22. The van der Waals surface area contributed by atoms with Gasteiger partial charge in [-0.05, 0) is 39.8 Å². The summed E-state index contributed by atoms with van der Waals surface area (Å²) in [7, 11) is 1.89. The zero-order valence-corrected chi connectivity index (χ0v) is 14.2. The number of anilines is 1. The summed E-state index contributed by atoms with van der Waals surface area (Å²) in [6.07, 6.45) is 1.62. The maximum atomic E-state index is 12.2. The second-order valence-corrected chi connectivity index (χ2v) is 5.32. The number of amides is 2. The van der Waals surface area contributed by atoms with Crippen molar-refractivity contribution in [3.05, 3.63) is 35.3 Å². The molecule has 23 heavy (non-hydrogen) atoms. The Balaban J connectivity index is 2.08. The number of aryl methyl sites for hydroxylation is 2. The molecule has 2 rings (SSSR count). The molecule has 0 fully saturated rings. The molecule has 0 aromatic carbocycles. The second-order valence-electron chi connectivity index (χ2n) is 5.32. The Kier molecular flexibility index (Phi) is 5.20. The zero-order valence-electron chi connectivity index (χ0n) is 14.2. The Hall–Kier alpha value is -2.57. The van der Waals surface area contributed by atoms with Gasteiger partial charge in [-0.3, -0.25) is 4.68 Å². The molecule has 0 aliphatic carbocycles. The van der Waals surface area contributed by atoms with Crippen LogP contribution in [0, 0.1) is 13.8 Å². The molecule has 124 valence electrons. The minimum absolute atomic E-state index is 0.157. The average Bonchev–Trinajstić information content (AvgIpc) is 2.74. The minimum Gasteiger partial charge on any atom is -0.476 e. The lowest BCUT2D eigenvalue weighted by Gasteiger charge is -2.16. The summed E-state index contributed by atoms with van der Waals surface area (Å²) in [5.74, 6) is 0.409. The molecule has 0 aliphatic rings. The first-order valence-electron chi connectivity index (χ1n) is 7.59. The molecule has 7 nitrogen and oxygen atoms in total. The van der Waals surface area contributed by atoms with E-state index in [-0.39, 0.29) is 12.1 Å². The molecule has 0 aliphatic heterocycles. The molecule has 2 aromatic heterocycles. The van der Waals surface area contributed by atoms with Crippen LogP contribution in [-0.4, -0.2) is 27.4 Å². The number of carbonyl (C=O) groups is 1. The molecule has 0 spiro atoms. The number of hydrogen-bond donors (Lipinski definition) is 2. The van der Waals surface area contributed by atoms with Gasteiger partial charge in [0.05, 0.1) is 18.3 Å². The first kappa shape index (κ1) is 16.8. The number of carbonyl (C=O) groups excluding carboxylic acids is 1. The normalized spacial score (nSPS) is 11.9. The number of hydrogen-bond acceptors (Lipinski definition) is 4. The Bertz CT molecular complexity index is 696. The van der Waals surface area contributed by atoms with Gasteiger partial charge < -0.3 is 15.4 Å². The fourth-order valence-corrected chi connectivity index (χ4v) is 2.58. The van der Waals surface area contributed by atoms with E-state index in [4.69, 9.17) is 4.74 Å². The summed E-state index contributed by atoms with van der Waals surface area (Å²) in [4.78, 5) is 16.4. The maximum Gasteiger partial charge on any atom is 0.319 e. The fourth-order valence-electron chi connectivity index (χ4n) is 2.58. The quantitative estimate of drug-likeness (QED) is 0.888. The summed E-state index contributed by atoms with van der Waals surface area (Å²) >= 11 is 0. The molecule has 0 saturated carbocycles. The van der Waals surface area contributed by atoms with Crippen molar-refractivity contribution >= 4 is 11.7 Å². The molecule has 2 aromatic rings. The van der Waals surface area contributed by atoms with Crippen molar-refractivity contribution in [1.29, 1.82) is 0 Å². The number of nitrogens with one attached hydrogen (secondary N) is 2. The van der Waals surface area contributed by atoms with E-state index in [1.54, 1.807) is 18.3 Å². The number of urea groups is 1. The average molecular weight is 317 g/mol. The molecule has 2 amide bonds. The highest BCUT2D eigenvalue weighted by atomic mass is 16.5. The van der Waals surface area contributed by atoms with Gasteiger partial charge in [0, 0.05) is 24.5 Å². The van der Waals surface area contributed by atoms with Crippen LogP contribution < -0.4 is 15.4 Å². The third-order valence-electron chi connectivity index (χ3n) is 3.65. The molecule has 7 heteroatoms. The molecular formula is C16H23N5O2. The summed E-state index contributed by atoms with van der Waals surface area (Å²) in [6, 6.07) is 3.03. The molecule has 0 bridgehead atoms. The molecular weight excluding hydrogens is 294 g/mol. The van der Waals surface area contributed by atoms with Crippen LogP contribution in [0.2, 0.25) is 0 Å². The van der Waals surface area contributed by atoms with Crippen molar-refractivity contribution in [2.75, 3.05) is 11.9 Å². The lowest BCUT2D eigenvalue weighted by Crippen LogP contribution is -2.31. The standard InChI is InChI=1S/C16H23N5O2/c1-6-23-15-13(8-7-9-17-15)19-16(22)18-10(2)14-11(3)20-21(5)12(14)4/h7-10H,6H2,1-5H3,(H2,18,19,22)/t10-/m0/s1. The molecule has 2 N–H and O–H groups in total. The zero-order chi connectivity index (χ0) is 17.0. The predicted octanol–water partition coefficient (Wildman–Crippen LogP) is 2.71. The van der Waals surface area contributed by atoms with Crippen molar-refractivity contribution in [2.45, 2.75) is 33.7 Å².